The summed E-state index contributed by atoms with van der Waals surface area (Å²) in [6.45, 7) is 7.03. The zero-order chi connectivity index (χ0) is 21.9. The van der Waals surface area contributed by atoms with Crippen LogP contribution in [0.4, 0.5) is 0 Å². The molecule has 2 rings (SSSR count). The second-order valence-corrected chi connectivity index (χ2v) is 8.07. The first-order valence-corrected chi connectivity index (χ1v) is 11.2. The lowest BCUT2D eigenvalue weighted by atomic mass is 10.0. The fraction of sp³-hybridized carbons (Fsp3) is 0.440. The van der Waals surface area contributed by atoms with Crippen molar-refractivity contribution < 1.29 is 9.59 Å². The molecule has 0 aliphatic carbocycles. The van der Waals surface area contributed by atoms with Gasteiger partial charge in [0.2, 0.25) is 11.8 Å². The van der Waals surface area contributed by atoms with Gasteiger partial charge in [0.25, 0.3) is 0 Å². The van der Waals surface area contributed by atoms with Crippen molar-refractivity contribution in [1.29, 1.82) is 0 Å². The number of nitrogens with one attached hydrogen (secondary N) is 1. The number of nitrogens with zero attached hydrogens (tertiary/aromatic N) is 1. The van der Waals surface area contributed by atoms with Crippen LogP contribution in [0.15, 0.2) is 48.5 Å². The number of carbonyl (C=O) groups excluding carboxylic acids is 2. The Kier molecular flexibility index (Phi) is 9.88. The van der Waals surface area contributed by atoms with Gasteiger partial charge in [-0.25, -0.2) is 0 Å². The second kappa shape index (κ2) is 12.4. The fourth-order valence-electron chi connectivity index (χ4n) is 3.39. The number of rotatable bonds is 11. The van der Waals surface area contributed by atoms with E-state index in [1.807, 2.05) is 38.1 Å². The van der Waals surface area contributed by atoms with Crippen LogP contribution in [0.3, 0.4) is 0 Å². The summed E-state index contributed by atoms with van der Waals surface area (Å²) in [5.41, 5.74) is 3.16. The molecule has 2 aromatic rings. The molecule has 0 saturated heterocycles. The number of hydrogen-bond acceptors (Lipinski definition) is 2. The predicted octanol–water partition coefficient (Wildman–Crippen LogP) is 5.30. The van der Waals surface area contributed by atoms with Crippen molar-refractivity contribution in [3.05, 3.63) is 70.2 Å². The molecule has 0 aromatic heterocycles. The molecule has 0 aliphatic heterocycles. The maximum Gasteiger partial charge on any atom is 0.242 e. The topological polar surface area (TPSA) is 49.4 Å². The van der Waals surface area contributed by atoms with Gasteiger partial charge in [-0.3, -0.25) is 9.59 Å². The van der Waals surface area contributed by atoms with Crippen molar-refractivity contribution in [3.8, 4) is 0 Å². The molecule has 5 heteroatoms. The first kappa shape index (κ1) is 23.9. The van der Waals surface area contributed by atoms with Crippen molar-refractivity contribution in [2.24, 2.45) is 0 Å². The molecular weight excluding hydrogens is 396 g/mol. The van der Waals surface area contributed by atoms with Crippen LogP contribution in [0.25, 0.3) is 0 Å². The van der Waals surface area contributed by atoms with Gasteiger partial charge in [0.05, 0.1) is 0 Å². The zero-order valence-corrected chi connectivity index (χ0v) is 19.0. The first-order chi connectivity index (χ1) is 14.5. The lowest BCUT2D eigenvalue weighted by Gasteiger charge is -2.31. The Bertz CT molecular complexity index is 820. The fourth-order valence-corrected chi connectivity index (χ4v) is 3.58. The van der Waals surface area contributed by atoms with Crippen LogP contribution in [0.5, 0.6) is 0 Å². The summed E-state index contributed by atoms with van der Waals surface area (Å²) in [4.78, 5) is 27.8. The summed E-state index contributed by atoms with van der Waals surface area (Å²) >= 11 is 6.35. The van der Waals surface area contributed by atoms with Crippen LogP contribution in [0.1, 0.15) is 56.2 Å². The van der Waals surface area contributed by atoms with Crippen molar-refractivity contribution in [3.63, 3.8) is 0 Å². The van der Waals surface area contributed by atoms with E-state index in [2.05, 4.69) is 36.5 Å². The maximum atomic E-state index is 13.2. The Morgan fingerprint density at radius 3 is 2.40 bits per heavy atom. The van der Waals surface area contributed by atoms with Gasteiger partial charge in [-0.1, -0.05) is 79.9 Å². The molecule has 30 heavy (non-hydrogen) atoms. The van der Waals surface area contributed by atoms with E-state index in [1.165, 1.54) is 5.56 Å². The minimum Gasteiger partial charge on any atom is -0.354 e. The highest BCUT2D eigenvalue weighted by molar-refractivity contribution is 6.31. The van der Waals surface area contributed by atoms with Crippen molar-refractivity contribution in [2.75, 3.05) is 6.54 Å². The molecule has 2 aromatic carbocycles. The highest BCUT2D eigenvalue weighted by Gasteiger charge is 2.28. The number of carbonyl (C=O) groups is 2. The third-order valence-electron chi connectivity index (χ3n) is 5.26. The molecule has 0 bridgehead atoms. The number of benzene rings is 2. The summed E-state index contributed by atoms with van der Waals surface area (Å²) in [5, 5.41) is 3.59. The van der Waals surface area contributed by atoms with E-state index in [0.29, 0.717) is 37.4 Å². The molecule has 0 unspecified atom stereocenters. The first-order valence-electron chi connectivity index (χ1n) is 10.8. The van der Waals surface area contributed by atoms with E-state index < -0.39 is 6.04 Å². The van der Waals surface area contributed by atoms with E-state index in [4.69, 9.17) is 11.6 Å². The van der Waals surface area contributed by atoms with E-state index in [-0.39, 0.29) is 11.8 Å². The molecule has 0 heterocycles. The Labute approximate surface area is 185 Å². The third-order valence-corrected chi connectivity index (χ3v) is 5.63. The van der Waals surface area contributed by atoms with E-state index in [1.54, 1.807) is 4.90 Å². The summed E-state index contributed by atoms with van der Waals surface area (Å²) in [7, 11) is 0. The molecule has 0 radical (unpaired) electrons. The van der Waals surface area contributed by atoms with Gasteiger partial charge in [0, 0.05) is 24.5 Å². The highest BCUT2D eigenvalue weighted by Crippen LogP contribution is 2.21. The smallest absolute Gasteiger partial charge is 0.242 e. The van der Waals surface area contributed by atoms with Crippen molar-refractivity contribution >= 4 is 23.4 Å². The van der Waals surface area contributed by atoms with Crippen LogP contribution in [-0.2, 0) is 22.6 Å². The lowest BCUT2D eigenvalue weighted by molar-refractivity contribution is -0.141. The average Bonchev–Trinajstić information content (AvgIpc) is 2.74. The minimum absolute atomic E-state index is 0.0343. The number of amides is 2. The average molecular weight is 429 g/mol. The van der Waals surface area contributed by atoms with Crippen molar-refractivity contribution in [1.82, 2.24) is 10.2 Å². The zero-order valence-electron chi connectivity index (χ0n) is 18.3. The van der Waals surface area contributed by atoms with Gasteiger partial charge in [0.15, 0.2) is 0 Å². The molecule has 1 atom stereocenters. The normalized spacial score (nSPS) is 11.7. The van der Waals surface area contributed by atoms with Crippen LogP contribution >= 0.6 is 11.6 Å². The van der Waals surface area contributed by atoms with Gasteiger partial charge in [-0.2, -0.15) is 0 Å². The molecule has 162 valence electrons. The lowest BCUT2D eigenvalue weighted by Crippen LogP contribution is -2.49. The quantitative estimate of drug-likeness (QED) is 0.493. The van der Waals surface area contributed by atoms with Crippen molar-refractivity contribution in [2.45, 2.75) is 65.5 Å². The van der Waals surface area contributed by atoms with Gasteiger partial charge < -0.3 is 10.2 Å². The molecule has 0 fully saturated rings. The molecule has 4 nitrogen and oxygen atoms in total. The third kappa shape index (κ3) is 7.17. The van der Waals surface area contributed by atoms with Gasteiger partial charge in [-0.15, -0.1) is 0 Å². The van der Waals surface area contributed by atoms with Crippen LogP contribution in [-0.4, -0.2) is 29.3 Å². The Morgan fingerprint density at radius 2 is 1.77 bits per heavy atom. The van der Waals surface area contributed by atoms with Crippen LogP contribution < -0.4 is 5.32 Å². The number of hydrogen-bond donors (Lipinski definition) is 1. The molecule has 0 spiro atoms. The molecule has 0 aliphatic rings. The van der Waals surface area contributed by atoms with Crippen LogP contribution in [0.2, 0.25) is 5.02 Å². The SMILES string of the molecule is CCCCNC(=O)[C@H](CC)N(Cc1ccccc1Cl)C(=O)CCc1ccc(C)cc1. The van der Waals surface area contributed by atoms with E-state index in [0.717, 1.165) is 24.0 Å². The Hall–Kier alpha value is -2.33. The Balaban J connectivity index is 2.17. The number of aryl methyl sites for hydroxylation is 2. The Morgan fingerprint density at radius 1 is 1.07 bits per heavy atom. The van der Waals surface area contributed by atoms with Crippen LogP contribution in [0, 0.1) is 6.92 Å². The largest absolute Gasteiger partial charge is 0.354 e. The number of halogens is 1. The summed E-state index contributed by atoms with van der Waals surface area (Å²) in [6.07, 6.45) is 3.49. The van der Waals surface area contributed by atoms with E-state index in [9.17, 15) is 9.59 Å². The highest BCUT2D eigenvalue weighted by atomic mass is 35.5. The molecule has 1 N–H and O–H groups in total. The summed E-state index contributed by atoms with van der Waals surface area (Å²) < 4.78 is 0. The second-order valence-electron chi connectivity index (χ2n) is 7.67. The predicted molar refractivity (Wildman–Crippen MR) is 123 cm³/mol. The summed E-state index contributed by atoms with van der Waals surface area (Å²) in [6, 6.07) is 15.2. The standard InChI is InChI=1S/C25H33ClN2O2/c1-4-6-17-27-25(30)23(5-2)28(18-21-9-7-8-10-22(21)26)24(29)16-15-20-13-11-19(3)12-14-20/h7-14,23H,4-6,15-18H2,1-3H3,(H,27,30)/t23-/m0/s1. The molecular formula is C25H33ClN2O2. The minimum atomic E-state index is -0.511. The monoisotopic (exact) mass is 428 g/mol. The van der Waals surface area contributed by atoms with E-state index >= 15 is 0 Å². The van der Waals surface area contributed by atoms with Gasteiger partial charge in [0.1, 0.15) is 6.04 Å². The maximum absolute atomic E-state index is 13.2. The molecule has 0 saturated carbocycles. The summed E-state index contributed by atoms with van der Waals surface area (Å²) in [5.74, 6) is -0.130. The number of unbranched alkanes of at least 4 members (excludes halogenated alkanes) is 1. The molecule has 2 amide bonds. The van der Waals surface area contributed by atoms with Gasteiger partial charge >= 0.3 is 0 Å². The van der Waals surface area contributed by atoms with Gasteiger partial charge in [-0.05, 0) is 43.4 Å².